The Hall–Kier alpha value is -2.83. The molecule has 0 aliphatic heterocycles. The molecule has 0 saturated heterocycles. The molecule has 0 fully saturated rings. The number of aryl methyl sites for hydroxylation is 1. The molecule has 140 valence electrons. The predicted octanol–water partition coefficient (Wildman–Crippen LogP) is 2.45. The number of carbonyl (C=O) groups is 2. The van der Waals surface area contributed by atoms with Crippen molar-refractivity contribution in [2.24, 2.45) is 0 Å². The number of rotatable bonds is 4. The van der Waals surface area contributed by atoms with Gasteiger partial charge >= 0.3 is 12.1 Å². The molecule has 0 saturated carbocycles. The molecule has 1 aromatic heterocycles. The van der Waals surface area contributed by atoms with Crippen molar-refractivity contribution in [1.29, 1.82) is 0 Å². The van der Waals surface area contributed by atoms with E-state index >= 15 is 0 Å². The first kappa shape index (κ1) is 19.5. The molecule has 2 aromatic rings. The van der Waals surface area contributed by atoms with Gasteiger partial charge in [0.05, 0.1) is 7.11 Å². The van der Waals surface area contributed by atoms with Crippen molar-refractivity contribution in [2.45, 2.75) is 45.8 Å². The number of nitrogens with one attached hydrogen (secondary N) is 2. The molecule has 0 bridgehead atoms. The highest BCUT2D eigenvalue weighted by atomic mass is 16.6. The minimum Gasteiger partial charge on any atom is -0.467 e. The Kier molecular flexibility index (Phi) is 5.69. The lowest BCUT2D eigenvalue weighted by molar-refractivity contribution is -0.143. The lowest BCUT2D eigenvalue weighted by atomic mass is 10.0. The summed E-state index contributed by atoms with van der Waals surface area (Å²) in [5.74, 6) is -0.653. The highest BCUT2D eigenvalue weighted by Crippen LogP contribution is 2.14. The smallest absolute Gasteiger partial charge is 0.408 e. The summed E-state index contributed by atoms with van der Waals surface area (Å²) >= 11 is 0. The first-order valence-electron chi connectivity index (χ1n) is 8.29. The molecule has 0 spiro atoms. The maximum Gasteiger partial charge on any atom is 0.408 e. The normalized spacial score (nSPS) is 12.5. The number of aromatic nitrogens is 1. The van der Waals surface area contributed by atoms with Crippen LogP contribution < -0.4 is 10.9 Å². The quantitative estimate of drug-likeness (QED) is 0.816. The van der Waals surface area contributed by atoms with Gasteiger partial charge in [0.2, 0.25) is 0 Å². The van der Waals surface area contributed by atoms with Gasteiger partial charge < -0.3 is 19.8 Å². The van der Waals surface area contributed by atoms with E-state index in [4.69, 9.17) is 9.47 Å². The van der Waals surface area contributed by atoms with Crippen molar-refractivity contribution in [1.82, 2.24) is 10.3 Å². The molecule has 1 unspecified atom stereocenters. The van der Waals surface area contributed by atoms with E-state index in [1.807, 2.05) is 25.1 Å². The average molecular weight is 360 g/mol. The van der Waals surface area contributed by atoms with Gasteiger partial charge in [-0.1, -0.05) is 12.1 Å². The van der Waals surface area contributed by atoms with Crippen molar-refractivity contribution in [3.63, 3.8) is 0 Å². The first-order valence-corrected chi connectivity index (χ1v) is 8.29. The van der Waals surface area contributed by atoms with E-state index in [-0.39, 0.29) is 12.0 Å². The number of esters is 1. The Morgan fingerprint density at radius 3 is 2.54 bits per heavy atom. The monoisotopic (exact) mass is 360 g/mol. The maximum atomic E-state index is 12.4. The second-order valence-corrected chi connectivity index (χ2v) is 7.14. The lowest BCUT2D eigenvalue weighted by Gasteiger charge is -2.22. The van der Waals surface area contributed by atoms with Crippen LogP contribution in [0.1, 0.15) is 31.9 Å². The fourth-order valence-electron chi connectivity index (χ4n) is 2.52. The van der Waals surface area contributed by atoms with E-state index < -0.39 is 23.7 Å². The number of aromatic amines is 1. The number of carbonyl (C=O) groups excluding carboxylic acids is 2. The Morgan fingerprint density at radius 2 is 1.92 bits per heavy atom. The highest BCUT2D eigenvalue weighted by Gasteiger charge is 2.26. The third-order valence-corrected chi connectivity index (χ3v) is 3.68. The molecule has 0 aliphatic rings. The van der Waals surface area contributed by atoms with Gasteiger partial charge in [0.25, 0.3) is 5.56 Å². The fraction of sp³-hybridized carbons (Fsp3) is 0.421. The molecule has 1 heterocycles. The number of amides is 1. The number of fused-ring (bicyclic) bond motifs is 1. The predicted molar refractivity (Wildman–Crippen MR) is 98.2 cm³/mol. The van der Waals surface area contributed by atoms with Crippen molar-refractivity contribution in [3.8, 4) is 0 Å². The number of hydrogen-bond donors (Lipinski definition) is 2. The van der Waals surface area contributed by atoms with Gasteiger partial charge in [0, 0.05) is 17.5 Å². The summed E-state index contributed by atoms with van der Waals surface area (Å²) in [6.45, 7) is 7.09. The molecule has 2 N–H and O–H groups in total. The number of benzene rings is 1. The SMILES string of the molecule is COC(=O)C(Cc1cc2ccc(C)cc2[nH]c1=O)NC(=O)OC(C)(C)C. The standard InChI is InChI=1S/C19H24N2O5/c1-11-6-7-12-9-13(16(22)20-14(12)8-11)10-15(17(23)25-5)21-18(24)26-19(2,3)4/h6-9,15H,10H2,1-5H3,(H,20,22)(H,21,24). The average Bonchev–Trinajstić information content (AvgIpc) is 2.52. The third kappa shape index (κ3) is 5.08. The van der Waals surface area contributed by atoms with Crippen LogP contribution in [-0.2, 0) is 20.7 Å². The second kappa shape index (κ2) is 7.59. The van der Waals surface area contributed by atoms with Crippen molar-refractivity contribution in [2.75, 3.05) is 7.11 Å². The van der Waals surface area contributed by atoms with Gasteiger partial charge in [-0.2, -0.15) is 0 Å². The third-order valence-electron chi connectivity index (χ3n) is 3.68. The van der Waals surface area contributed by atoms with Crippen LogP contribution >= 0.6 is 0 Å². The van der Waals surface area contributed by atoms with Gasteiger partial charge in [-0.25, -0.2) is 9.59 Å². The number of hydrogen-bond acceptors (Lipinski definition) is 5. The van der Waals surface area contributed by atoms with E-state index in [1.165, 1.54) is 7.11 Å². The molecule has 1 amide bonds. The molecule has 1 aromatic carbocycles. The van der Waals surface area contributed by atoms with E-state index in [0.717, 1.165) is 10.9 Å². The number of H-pyrrole nitrogens is 1. The number of pyridine rings is 1. The zero-order valence-electron chi connectivity index (χ0n) is 15.6. The lowest BCUT2D eigenvalue weighted by Crippen LogP contribution is -2.45. The van der Waals surface area contributed by atoms with Gasteiger partial charge in [0.1, 0.15) is 11.6 Å². The van der Waals surface area contributed by atoms with E-state index in [1.54, 1.807) is 26.8 Å². The Balaban J connectivity index is 2.28. The minimum atomic E-state index is -1.03. The van der Waals surface area contributed by atoms with Crippen LogP contribution in [0.25, 0.3) is 10.9 Å². The van der Waals surface area contributed by atoms with Crippen LogP contribution in [0.4, 0.5) is 4.79 Å². The molecule has 2 rings (SSSR count). The second-order valence-electron chi connectivity index (χ2n) is 7.14. The fourth-order valence-corrected chi connectivity index (χ4v) is 2.52. The van der Waals surface area contributed by atoms with Gasteiger partial charge in [-0.05, 0) is 50.8 Å². The van der Waals surface area contributed by atoms with Crippen molar-refractivity contribution < 1.29 is 19.1 Å². The first-order chi connectivity index (χ1) is 12.1. The number of ether oxygens (including phenoxy) is 2. The minimum absolute atomic E-state index is 0.00886. The zero-order valence-corrected chi connectivity index (χ0v) is 15.6. The Labute approximate surface area is 151 Å². The molecule has 26 heavy (non-hydrogen) atoms. The zero-order chi connectivity index (χ0) is 19.5. The number of alkyl carbamates (subject to hydrolysis) is 1. The summed E-state index contributed by atoms with van der Waals surface area (Å²) in [6.07, 6.45) is -0.758. The van der Waals surface area contributed by atoms with Crippen LogP contribution in [0.3, 0.4) is 0 Å². The molecule has 7 nitrogen and oxygen atoms in total. The van der Waals surface area contributed by atoms with E-state index in [0.29, 0.717) is 11.1 Å². The summed E-state index contributed by atoms with van der Waals surface area (Å²) in [5.41, 5.74) is 1.09. The maximum absolute atomic E-state index is 12.4. The Bertz CT molecular complexity index is 880. The molecule has 7 heteroatoms. The molecular formula is C19H24N2O5. The van der Waals surface area contributed by atoms with Crippen LogP contribution in [0, 0.1) is 6.92 Å². The van der Waals surface area contributed by atoms with Gasteiger partial charge in [-0.15, -0.1) is 0 Å². The van der Waals surface area contributed by atoms with Gasteiger partial charge in [-0.3, -0.25) is 4.79 Å². The Morgan fingerprint density at radius 1 is 1.23 bits per heavy atom. The molecule has 0 aliphatic carbocycles. The topological polar surface area (TPSA) is 97.5 Å². The van der Waals surface area contributed by atoms with Crippen molar-refractivity contribution >= 4 is 23.0 Å². The van der Waals surface area contributed by atoms with E-state index in [9.17, 15) is 14.4 Å². The van der Waals surface area contributed by atoms with E-state index in [2.05, 4.69) is 10.3 Å². The van der Waals surface area contributed by atoms with Crippen LogP contribution in [0.5, 0.6) is 0 Å². The van der Waals surface area contributed by atoms with Crippen molar-refractivity contribution in [3.05, 3.63) is 45.7 Å². The molecular weight excluding hydrogens is 336 g/mol. The largest absolute Gasteiger partial charge is 0.467 e. The van der Waals surface area contributed by atoms with Gasteiger partial charge in [0.15, 0.2) is 0 Å². The highest BCUT2D eigenvalue weighted by molar-refractivity contribution is 5.83. The summed E-state index contributed by atoms with van der Waals surface area (Å²) < 4.78 is 9.91. The summed E-state index contributed by atoms with van der Waals surface area (Å²) in [7, 11) is 1.22. The van der Waals surface area contributed by atoms with Crippen LogP contribution in [0.2, 0.25) is 0 Å². The number of methoxy groups -OCH3 is 1. The van der Waals surface area contributed by atoms with Crippen LogP contribution in [-0.4, -0.2) is 35.8 Å². The van der Waals surface area contributed by atoms with Crippen LogP contribution in [0.15, 0.2) is 29.1 Å². The summed E-state index contributed by atoms with van der Waals surface area (Å²) in [6, 6.07) is 6.37. The molecule has 1 atom stereocenters. The molecule has 0 radical (unpaired) electrons. The summed E-state index contributed by atoms with van der Waals surface area (Å²) in [4.78, 5) is 39.2. The summed E-state index contributed by atoms with van der Waals surface area (Å²) in [5, 5.41) is 3.31.